The Morgan fingerprint density at radius 3 is 2.35 bits per heavy atom. The number of benzene rings is 1. The van der Waals surface area contributed by atoms with E-state index in [1.54, 1.807) is 7.05 Å². The fraction of sp³-hybridized carbons (Fsp3) is 0.522. The minimum Gasteiger partial charge on any atom is -0.495 e. The zero-order valence-corrected chi connectivity index (χ0v) is 20.2. The van der Waals surface area contributed by atoms with Gasteiger partial charge in [0.2, 0.25) is 0 Å². The number of aryl methyl sites for hydroxylation is 1. The smallest absolute Gasteiger partial charge is 0.264 e. The van der Waals surface area contributed by atoms with Crippen LogP contribution in [0.3, 0.4) is 0 Å². The molecule has 1 aromatic carbocycles. The zero-order chi connectivity index (χ0) is 23.1. The van der Waals surface area contributed by atoms with Crippen LogP contribution in [0.15, 0.2) is 29.1 Å². The Bertz CT molecular complexity index is 1070. The molecule has 31 heavy (non-hydrogen) atoms. The average Bonchev–Trinajstić information content (AvgIpc) is 2.67. The topological polar surface area (TPSA) is 94.2 Å². The Morgan fingerprint density at radius 1 is 1.19 bits per heavy atom. The molecule has 0 radical (unpaired) electrons. The Hall–Kier alpha value is -2.32. The molecule has 8 heteroatoms. The summed E-state index contributed by atoms with van der Waals surface area (Å²) in [6.07, 6.45) is 1.79. The number of piperidine rings is 1. The molecular formula is C23H33N5O2S. The summed E-state index contributed by atoms with van der Waals surface area (Å²) in [7, 11) is 5.11. The van der Waals surface area contributed by atoms with Crippen molar-refractivity contribution >= 4 is 32.9 Å². The van der Waals surface area contributed by atoms with Crippen molar-refractivity contribution in [2.75, 3.05) is 14.2 Å². The lowest BCUT2D eigenvalue weighted by Crippen LogP contribution is -2.62. The summed E-state index contributed by atoms with van der Waals surface area (Å²) < 4.78 is 7.10. The Balaban J connectivity index is 1.90. The largest absolute Gasteiger partial charge is 0.495 e. The number of hydrogen-bond acceptors (Lipinski definition) is 6. The SMILES string of the molecule is COc1c(C(=N)SC(=N)N(C)C2CC(C)(C)NC(C)(C)C2)c(=O)n(C)c2ccccc12. The van der Waals surface area contributed by atoms with E-state index in [9.17, 15) is 4.79 Å². The van der Waals surface area contributed by atoms with Crippen LogP contribution in [0, 0.1) is 10.8 Å². The van der Waals surface area contributed by atoms with E-state index in [-0.39, 0.29) is 38.5 Å². The highest BCUT2D eigenvalue weighted by atomic mass is 32.2. The molecule has 1 fully saturated rings. The van der Waals surface area contributed by atoms with Crippen LogP contribution < -0.4 is 15.6 Å². The van der Waals surface area contributed by atoms with Gasteiger partial charge in [0, 0.05) is 36.6 Å². The number of rotatable bonds is 3. The number of amidine groups is 1. The predicted molar refractivity (Wildman–Crippen MR) is 130 cm³/mol. The van der Waals surface area contributed by atoms with Crippen molar-refractivity contribution in [1.29, 1.82) is 10.8 Å². The maximum Gasteiger partial charge on any atom is 0.264 e. The molecule has 0 saturated carbocycles. The number of para-hydroxylation sites is 1. The molecule has 0 unspecified atom stereocenters. The summed E-state index contributed by atoms with van der Waals surface area (Å²) in [6.45, 7) is 8.71. The van der Waals surface area contributed by atoms with Gasteiger partial charge in [-0.25, -0.2) is 0 Å². The molecule has 168 valence electrons. The molecule has 2 heterocycles. The Kier molecular flexibility index (Phi) is 6.26. The summed E-state index contributed by atoms with van der Waals surface area (Å²) in [4.78, 5) is 15.0. The van der Waals surface area contributed by atoms with Crippen LogP contribution >= 0.6 is 11.8 Å². The lowest BCUT2D eigenvalue weighted by atomic mass is 9.79. The van der Waals surface area contributed by atoms with Crippen LogP contribution in [0.2, 0.25) is 0 Å². The lowest BCUT2D eigenvalue weighted by Gasteiger charge is -2.49. The highest BCUT2D eigenvalue weighted by Gasteiger charge is 2.40. The predicted octanol–water partition coefficient (Wildman–Crippen LogP) is 3.78. The zero-order valence-electron chi connectivity index (χ0n) is 19.4. The molecule has 0 amide bonds. The van der Waals surface area contributed by atoms with E-state index in [0.717, 1.165) is 35.5 Å². The van der Waals surface area contributed by atoms with Gasteiger partial charge >= 0.3 is 0 Å². The molecule has 3 rings (SSSR count). The Labute approximate surface area is 188 Å². The number of hydrogen-bond donors (Lipinski definition) is 3. The van der Waals surface area contributed by atoms with Gasteiger partial charge in [0.05, 0.1) is 12.6 Å². The van der Waals surface area contributed by atoms with Crippen LogP contribution in [0.5, 0.6) is 5.75 Å². The monoisotopic (exact) mass is 443 g/mol. The summed E-state index contributed by atoms with van der Waals surface area (Å²) in [6, 6.07) is 7.65. The number of nitrogens with zero attached hydrogens (tertiary/aromatic N) is 2. The first-order valence-corrected chi connectivity index (χ1v) is 11.2. The summed E-state index contributed by atoms with van der Waals surface area (Å²) >= 11 is 0.994. The minimum absolute atomic E-state index is 0.0208. The average molecular weight is 444 g/mol. The molecule has 3 N–H and O–H groups in total. The quantitative estimate of drug-likeness (QED) is 0.496. The minimum atomic E-state index is -0.298. The van der Waals surface area contributed by atoms with Crippen molar-refractivity contribution in [2.45, 2.75) is 57.7 Å². The third kappa shape index (κ3) is 4.65. The number of nitrogens with one attached hydrogen (secondary N) is 3. The standard InChI is InChI=1S/C23H33N5O2S/c1-22(2)12-14(13-23(3,4)26-22)27(5)21(25)31-19(24)17-18(30-7)15-10-8-9-11-16(15)28(6)20(17)29/h8-11,14,24-26H,12-13H2,1-7H3. The first kappa shape index (κ1) is 23.3. The van der Waals surface area contributed by atoms with E-state index in [2.05, 4.69) is 33.0 Å². The molecule has 0 aliphatic carbocycles. The molecule has 1 aliphatic heterocycles. The second-order valence-corrected chi connectivity index (χ2v) is 10.6. The van der Waals surface area contributed by atoms with Crippen molar-refractivity contribution in [2.24, 2.45) is 7.05 Å². The van der Waals surface area contributed by atoms with E-state index in [1.807, 2.05) is 36.2 Å². The molecular weight excluding hydrogens is 410 g/mol. The van der Waals surface area contributed by atoms with Crippen LogP contribution in [-0.2, 0) is 7.05 Å². The number of ether oxygens (including phenoxy) is 1. The van der Waals surface area contributed by atoms with Gasteiger partial charge < -0.3 is 19.5 Å². The van der Waals surface area contributed by atoms with E-state index >= 15 is 0 Å². The Morgan fingerprint density at radius 2 is 1.77 bits per heavy atom. The van der Waals surface area contributed by atoms with Crippen LogP contribution in [-0.4, -0.2) is 51.0 Å². The van der Waals surface area contributed by atoms with Gasteiger partial charge in [-0.1, -0.05) is 12.1 Å². The van der Waals surface area contributed by atoms with Gasteiger partial charge in [0.1, 0.15) is 16.4 Å². The van der Waals surface area contributed by atoms with Crippen molar-refractivity contribution in [3.05, 3.63) is 40.2 Å². The van der Waals surface area contributed by atoms with E-state index in [0.29, 0.717) is 5.75 Å². The molecule has 0 atom stereocenters. The van der Waals surface area contributed by atoms with Gasteiger partial charge in [0.15, 0.2) is 5.17 Å². The molecule has 0 bridgehead atoms. The van der Waals surface area contributed by atoms with Gasteiger partial charge in [-0.3, -0.25) is 15.6 Å². The number of thioether (sulfide) groups is 1. The number of aromatic nitrogens is 1. The number of fused-ring (bicyclic) bond motifs is 1. The van der Waals surface area contributed by atoms with Gasteiger partial charge in [0.25, 0.3) is 5.56 Å². The first-order valence-electron chi connectivity index (χ1n) is 10.4. The maximum absolute atomic E-state index is 13.1. The second kappa shape index (κ2) is 8.31. The third-order valence-corrected chi connectivity index (χ3v) is 6.81. The van der Waals surface area contributed by atoms with Crippen molar-refractivity contribution < 1.29 is 4.74 Å². The van der Waals surface area contributed by atoms with Gasteiger partial charge in [-0.05, 0) is 64.4 Å². The van der Waals surface area contributed by atoms with Crippen LogP contribution in [0.1, 0.15) is 46.1 Å². The van der Waals surface area contributed by atoms with E-state index in [1.165, 1.54) is 11.7 Å². The summed E-state index contributed by atoms with van der Waals surface area (Å²) in [5.41, 5.74) is 0.551. The number of pyridine rings is 1. The first-order chi connectivity index (χ1) is 14.4. The van der Waals surface area contributed by atoms with Crippen molar-refractivity contribution in [1.82, 2.24) is 14.8 Å². The molecule has 1 aromatic heterocycles. The highest BCUT2D eigenvalue weighted by Crippen LogP contribution is 2.33. The fourth-order valence-corrected chi connectivity index (χ4v) is 5.58. The second-order valence-electron chi connectivity index (χ2n) is 9.59. The van der Waals surface area contributed by atoms with Crippen LogP contribution in [0.4, 0.5) is 0 Å². The van der Waals surface area contributed by atoms with E-state index in [4.69, 9.17) is 15.6 Å². The molecule has 0 spiro atoms. The van der Waals surface area contributed by atoms with E-state index < -0.39 is 0 Å². The molecule has 1 saturated heterocycles. The van der Waals surface area contributed by atoms with Crippen LogP contribution in [0.25, 0.3) is 10.9 Å². The van der Waals surface area contributed by atoms with Gasteiger partial charge in [-0.15, -0.1) is 0 Å². The fourth-order valence-electron chi connectivity index (χ4n) is 4.81. The number of methoxy groups -OCH3 is 1. The molecule has 2 aromatic rings. The summed E-state index contributed by atoms with van der Waals surface area (Å²) in [5, 5.41) is 22.0. The normalized spacial score (nSPS) is 18.0. The molecule has 7 nitrogen and oxygen atoms in total. The molecule has 1 aliphatic rings. The summed E-state index contributed by atoms with van der Waals surface area (Å²) in [5.74, 6) is 0.385. The van der Waals surface area contributed by atoms with Crippen molar-refractivity contribution in [3.63, 3.8) is 0 Å². The third-order valence-electron chi connectivity index (χ3n) is 5.92. The lowest BCUT2D eigenvalue weighted by molar-refractivity contribution is 0.114. The highest BCUT2D eigenvalue weighted by molar-refractivity contribution is 8.26. The maximum atomic E-state index is 13.1. The van der Waals surface area contributed by atoms with Gasteiger partial charge in [-0.2, -0.15) is 0 Å². The van der Waals surface area contributed by atoms with Crippen molar-refractivity contribution in [3.8, 4) is 5.75 Å².